The second-order valence-corrected chi connectivity index (χ2v) is 10.5. The lowest BCUT2D eigenvalue weighted by atomic mass is 9.48. The molecule has 1 N–H and O–H groups in total. The summed E-state index contributed by atoms with van der Waals surface area (Å²) in [6.07, 6.45) is 5.96. The molecule has 4 aliphatic rings. The van der Waals surface area contributed by atoms with Gasteiger partial charge in [-0.2, -0.15) is 0 Å². The van der Waals surface area contributed by atoms with Gasteiger partial charge in [0.25, 0.3) is 0 Å². The number of nitrogens with one attached hydrogen (secondary N) is 1. The quantitative estimate of drug-likeness (QED) is 0.726. The van der Waals surface area contributed by atoms with Crippen LogP contribution in [0.25, 0.3) is 0 Å². The highest BCUT2D eigenvalue weighted by molar-refractivity contribution is 7.16. The van der Waals surface area contributed by atoms with E-state index in [1.807, 2.05) is 13.8 Å². The SMILES string of the molecule is CC(=O)Nc1sc(C)c(C)c1C(=O)OC(C)C(=O)C12CC3CC(CC(C3)C1)C2. The van der Waals surface area contributed by atoms with Gasteiger partial charge in [-0.15, -0.1) is 11.3 Å². The van der Waals surface area contributed by atoms with E-state index in [1.165, 1.54) is 37.5 Å². The van der Waals surface area contributed by atoms with Crippen LogP contribution >= 0.6 is 11.3 Å². The molecule has 0 aliphatic heterocycles. The van der Waals surface area contributed by atoms with Crippen molar-refractivity contribution in [3.05, 3.63) is 16.0 Å². The molecule has 0 radical (unpaired) electrons. The van der Waals surface area contributed by atoms with E-state index in [0.29, 0.717) is 28.3 Å². The smallest absolute Gasteiger partial charge is 0.342 e. The molecular formula is C22H29NO4S. The molecule has 0 spiro atoms. The number of amides is 1. The Morgan fingerprint density at radius 1 is 1.07 bits per heavy atom. The molecule has 1 aromatic rings. The fourth-order valence-electron chi connectivity index (χ4n) is 6.24. The van der Waals surface area contributed by atoms with E-state index in [-0.39, 0.29) is 17.1 Å². The van der Waals surface area contributed by atoms with Crippen molar-refractivity contribution in [2.24, 2.45) is 23.2 Å². The van der Waals surface area contributed by atoms with Gasteiger partial charge in [0, 0.05) is 17.2 Å². The highest BCUT2D eigenvalue weighted by atomic mass is 32.1. The third kappa shape index (κ3) is 3.30. The molecule has 6 heteroatoms. The zero-order valence-electron chi connectivity index (χ0n) is 17.1. The topological polar surface area (TPSA) is 72.5 Å². The maximum absolute atomic E-state index is 13.4. The second-order valence-electron chi connectivity index (χ2n) is 9.28. The zero-order chi connectivity index (χ0) is 20.2. The van der Waals surface area contributed by atoms with E-state index in [1.54, 1.807) is 6.92 Å². The maximum atomic E-state index is 13.4. The first-order valence-corrected chi connectivity index (χ1v) is 11.1. The molecule has 0 saturated heterocycles. The van der Waals surface area contributed by atoms with Gasteiger partial charge >= 0.3 is 5.97 Å². The van der Waals surface area contributed by atoms with Crippen LogP contribution in [-0.4, -0.2) is 23.8 Å². The molecule has 4 aliphatic carbocycles. The minimum absolute atomic E-state index is 0.102. The Bertz CT molecular complexity index is 805. The first kappa shape index (κ1) is 19.6. The van der Waals surface area contributed by atoms with Gasteiger partial charge in [-0.05, 0) is 82.6 Å². The summed E-state index contributed by atoms with van der Waals surface area (Å²) in [7, 11) is 0. The van der Waals surface area contributed by atoms with Crippen molar-refractivity contribution in [2.75, 3.05) is 5.32 Å². The predicted molar refractivity (Wildman–Crippen MR) is 109 cm³/mol. The van der Waals surface area contributed by atoms with E-state index in [0.717, 1.165) is 29.7 Å². The number of hydrogen-bond acceptors (Lipinski definition) is 5. The van der Waals surface area contributed by atoms with Crippen LogP contribution in [0, 0.1) is 37.0 Å². The lowest BCUT2D eigenvalue weighted by Crippen LogP contribution is -2.52. The molecule has 1 aromatic heterocycles. The van der Waals surface area contributed by atoms with Crippen molar-refractivity contribution in [1.29, 1.82) is 0 Å². The molecule has 28 heavy (non-hydrogen) atoms. The van der Waals surface area contributed by atoms with Gasteiger partial charge in [0.15, 0.2) is 11.9 Å². The van der Waals surface area contributed by atoms with Gasteiger partial charge in [-0.25, -0.2) is 4.79 Å². The number of carbonyl (C=O) groups is 3. The van der Waals surface area contributed by atoms with Crippen molar-refractivity contribution in [3.63, 3.8) is 0 Å². The lowest BCUT2D eigenvalue weighted by molar-refractivity contribution is -0.152. The van der Waals surface area contributed by atoms with Gasteiger partial charge in [0.05, 0.1) is 5.56 Å². The lowest BCUT2D eigenvalue weighted by Gasteiger charge is -2.56. The van der Waals surface area contributed by atoms with Gasteiger partial charge < -0.3 is 10.1 Å². The number of anilines is 1. The summed E-state index contributed by atoms with van der Waals surface area (Å²) in [5.74, 6) is 1.37. The molecule has 1 heterocycles. The molecule has 5 nitrogen and oxygen atoms in total. The number of thiophene rings is 1. The normalized spacial score (nSPS) is 31.5. The van der Waals surface area contributed by atoms with E-state index >= 15 is 0 Å². The van der Waals surface area contributed by atoms with Crippen LogP contribution in [0.1, 0.15) is 73.2 Å². The van der Waals surface area contributed by atoms with Crippen LogP contribution in [0.5, 0.6) is 0 Å². The standard InChI is InChI=1S/C22H29NO4S/c1-11-13(3)28-20(23-14(4)24)18(11)21(26)27-12(2)19(25)22-8-15-5-16(9-22)7-17(6-15)10-22/h12,15-17H,5-10H2,1-4H3,(H,23,24). The van der Waals surface area contributed by atoms with E-state index in [2.05, 4.69) is 5.32 Å². The Balaban J connectivity index is 1.51. The summed E-state index contributed by atoms with van der Waals surface area (Å²) < 4.78 is 5.67. The molecule has 4 fully saturated rings. The number of aryl methyl sites for hydroxylation is 1. The van der Waals surface area contributed by atoms with Gasteiger partial charge in [-0.1, -0.05) is 0 Å². The number of rotatable bonds is 5. The fraction of sp³-hybridized carbons (Fsp3) is 0.682. The summed E-state index contributed by atoms with van der Waals surface area (Å²) in [6, 6.07) is 0. The number of ketones is 1. The first-order valence-electron chi connectivity index (χ1n) is 10.3. The molecule has 0 aromatic carbocycles. The number of Topliss-reactive ketones (excluding diaryl/α,β-unsaturated/α-hetero) is 1. The highest BCUT2D eigenvalue weighted by Gasteiger charge is 2.55. The fourth-order valence-corrected chi connectivity index (χ4v) is 7.33. The van der Waals surface area contributed by atoms with E-state index in [9.17, 15) is 14.4 Å². The van der Waals surface area contributed by atoms with Crippen LogP contribution < -0.4 is 5.32 Å². The van der Waals surface area contributed by atoms with Crippen molar-refractivity contribution in [3.8, 4) is 0 Å². The average molecular weight is 404 g/mol. The molecule has 4 bridgehead atoms. The Hall–Kier alpha value is -1.69. The summed E-state index contributed by atoms with van der Waals surface area (Å²) in [6.45, 7) is 6.88. The van der Waals surface area contributed by atoms with Crippen molar-refractivity contribution in [2.45, 2.75) is 72.3 Å². The van der Waals surface area contributed by atoms with Crippen molar-refractivity contribution < 1.29 is 19.1 Å². The van der Waals surface area contributed by atoms with E-state index < -0.39 is 12.1 Å². The van der Waals surface area contributed by atoms with Gasteiger partial charge in [0.1, 0.15) is 5.00 Å². The zero-order valence-corrected chi connectivity index (χ0v) is 17.9. The Labute approximate surface area is 170 Å². The highest BCUT2D eigenvalue weighted by Crippen LogP contribution is 2.60. The molecular weight excluding hydrogens is 374 g/mol. The molecule has 1 unspecified atom stereocenters. The summed E-state index contributed by atoms with van der Waals surface area (Å²) in [4.78, 5) is 38.7. The van der Waals surface area contributed by atoms with Crippen LogP contribution in [0.2, 0.25) is 0 Å². The van der Waals surface area contributed by atoms with Crippen molar-refractivity contribution in [1.82, 2.24) is 0 Å². The maximum Gasteiger partial charge on any atom is 0.342 e. The minimum Gasteiger partial charge on any atom is -0.451 e. The van der Waals surface area contributed by atoms with Crippen LogP contribution in [0.4, 0.5) is 5.00 Å². The summed E-state index contributed by atoms with van der Waals surface area (Å²) in [5, 5.41) is 3.22. The van der Waals surface area contributed by atoms with Gasteiger partial charge in [0.2, 0.25) is 5.91 Å². The first-order chi connectivity index (χ1) is 13.2. The number of ether oxygens (including phenoxy) is 1. The van der Waals surface area contributed by atoms with Crippen LogP contribution in [0.15, 0.2) is 0 Å². The average Bonchev–Trinajstić information content (AvgIpc) is 2.86. The molecule has 1 atom stereocenters. The molecule has 4 saturated carbocycles. The molecule has 152 valence electrons. The summed E-state index contributed by atoms with van der Waals surface area (Å²) in [5.41, 5.74) is 0.894. The summed E-state index contributed by atoms with van der Waals surface area (Å²) >= 11 is 1.36. The predicted octanol–water partition coefficient (Wildman–Crippen LogP) is 4.65. The number of carbonyl (C=O) groups excluding carboxylic acids is 3. The third-order valence-electron chi connectivity index (χ3n) is 7.09. The monoisotopic (exact) mass is 403 g/mol. The molecule has 5 rings (SSSR count). The van der Waals surface area contributed by atoms with E-state index in [4.69, 9.17) is 4.74 Å². The van der Waals surface area contributed by atoms with Crippen molar-refractivity contribution >= 4 is 34.0 Å². The number of hydrogen-bond donors (Lipinski definition) is 1. The van der Waals surface area contributed by atoms with Crippen LogP contribution in [-0.2, 0) is 14.3 Å². The Morgan fingerprint density at radius 2 is 1.61 bits per heavy atom. The largest absolute Gasteiger partial charge is 0.451 e. The second kappa shape index (κ2) is 6.97. The Kier molecular flexibility index (Phi) is 4.89. The number of esters is 1. The third-order valence-corrected chi connectivity index (χ3v) is 8.22. The van der Waals surface area contributed by atoms with Gasteiger partial charge in [-0.3, -0.25) is 9.59 Å². The van der Waals surface area contributed by atoms with Crippen LogP contribution in [0.3, 0.4) is 0 Å². The minimum atomic E-state index is -0.756. The Morgan fingerprint density at radius 3 is 2.11 bits per heavy atom. The molecule has 1 amide bonds.